The van der Waals surface area contributed by atoms with Gasteiger partial charge in [-0.15, -0.1) is 0 Å². The Hall–Kier alpha value is -1.20. The number of sulfonamides is 1. The maximum absolute atomic E-state index is 12.5. The summed E-state index contributed by atoms with van der Waals surface area (Å²) < 4.78 is 26.5. The van der Waals surface area contributed by atoms with E-state index >= 15 is 0 Å². The highest BCUT2D eigenvalue weighted by Gasteiger charge is 2.45. The molecular formula is C14H17NO3S. The Morgan fingerprint density at radius 3 is 2.47 bits per heavy atom. The van der Waals surface area contributed by atoms with Gasteiger partial charge in [0, 0.05) is 25.4 Å². The van der Waals surface area contributed by atoms with Crippen LogP contribution in [0, 0.1) is 18.8 Å². The first-order valence-corrected chi connectivity index (χ1v) is 8.02. The molecule has 2 fully saturated rings. The van der Waals surface area contributed by atoms with Gasteiger partial charge in [0.2, 0.25) is 10.0 Å². The Morgan fingerprint density at radius 2 is 1.84 bits per heavy atom. The quantitative estimate of drug-likeness (QED) is 0.826. The zero-order valence-electron chi connectivity index (χ0n) is 10.9. The summed E-state index contributed by atoms with van der Waals surface area (Å²) in [6, 6.07) is 6.88. The molecule has 102 valence electrons. The maximum atomic E-state index is 12.5. The molecule has 1 aliphatic heterocycles. The number of fused-ring (bicyclic) bond motifs is 1. The van der Waals surface area contributed by atoms with E-state index in [0.717, 1.165) is 12.0 Å². The summed E-state index contributed by atoms with van der Waals surface area (Å²) in [5.41, 5.74) is 1.03. The van der Waals surface area contributed by atoms with E-state index in [1.165, 1.54) is 4.31 Å². The molecule has 0 radical (unpaired) electrons. The molecule has 0 aromatic heterocycles. The van der Waals surface area contributed by atoms with Gasteiger partial charge in [-0.2, -0.15) is 4.31 Å². The van der Waals surface area contributed by atoms with Crippen molar-refractivity contribution in [3.05, 3.63) is 29.8 Å². The number of hydrogen-bond donors (Lipinski definition) is 0. The lowest BCUT2D eigenvalue weighted by molar-refractivity contribution is -0.120. The highest BCUT2D eigenvalue weighted by molar-refractivity contribution is 7.89. The van der Waals surface area contributed by atoms with Crippen molar-refractivity contribution < 1.29 is 13.2 Å². The van der Waals surface area contributed by atoms with Crippen LogP contribution < -0.4 is 0 Å². The molecule has 1 heterocycles. The van der Waals surface area contributed by atoms with Crippen LogP contribution in [0.25, 0.3) is 0 Å². The van der Waals surface area contributed by atoms with Crippen molar-refractivity contribution in [1.29, 1.82) is 0 Å². The zero-order chi connectivity index (χ0) is 13.6. The van der Waals surface area contributed by atoms with E-state index in [1.54, 1.807) is 24.3 Å². The van der Waals surface area contributed by atoms with Crippen LogP contribution in [0.5, 0.6) is 0 Å². The summed E-state index contributed by atoms with van der Waals surface area (Å²) in [6.45, 7) is 2.78. The molecule has 1 aromatic rings. The number of nitrogens with zero attached hydrogens (tertiary/aromatic N) is 1. The van der Waals surface area contributed by atoms with Crippen molar-refractivity contribution in [2.45, 2.75) is 24.7 Å². The van der Waals surface area contributed by atoms with Gasteiger partial charge < -0.3 is 0 Å². The first-order valence-electron chi connectivity index (χ1n) is 6.58. The summed E-state index contributed by atoms with van der Waals surface area (Å²) in [4.78, 5) is 12.0. The average molecular weight is 279 g/mol. The second kappa shape index (κ2) is 4.42. The van der Waals surface area contributed by atoms with Crippen molar-refractivity contribution in [3.63, 3.8) is 0 Å². The van der Waals surface area contributed by atoms with Crippen molar-refractivity contribution in [2.24, 2.45) is 11.8 Å². The molecule has 0 unspecified atom stereocenters. The van der Waals surface area contributed by atoms with E-state index in [9.17, 15) is 13.2 Å². The number of carbonyl (C=O) groups excluding carboxylic acids is 1. The lowest BCUT2D eigenvalue weighted by Crippen LogP contribution is -2.30. The molecule has 1 aromatic carbocycles. The van der Waals surface area contributed by atoms with Crippen LogP contribution in [0.1, 0.15) is 18.4 Å². The number of benzene rings is 1. The molecule has 1 saturated heterocycles. The predicted octanol–water partition coefficient (Wildman–Crippen LogP) is 1.59. The minimum Gasteiger partial charge on any atom is -0.299 e. The van der Waals surface area contributed by atoms with Crippen LogP contribution in [0.15, 0.2) is 29.2 Å². The van der Waals surface area contributed by atoms with Crippen molar-refractivity contribution in [3.8, 4) is 0 Å². The molecule has 5 heteroatoms. The van der Waals surface area contributed by atoms with E-state index in [1.807, 2.05) is 6.92 Å². The second-order valence-corrected chi connectivity index (χ2v) is 7.44. The first kappa shape index (κ1) is 12.8. The van der Waals surface area contributed by atoms with Gasteiger partial charge in [0.25, 0.3) is 0 Å². The fourth-order valence-electron chi connectivity index (χ4n) is 3.06. The monoisotopic (exact) mass is 279 g/mol. The Labute approximate surface area is 113 Å². The predicted molar refractivity (Wildman–Crippen MR) is 71.2 cm³/mol. The number of ketones is 1. The molecular weight excluding hydrogens is 262 g/mol. The number of aryl methyl sites for hydroxylation is 1. The van der Waals surface area contributed by atoms with Gasteiger partial charge >= 0.3 is 0 Å². The van der Waals surface area contributed by atoms with Gasteiger partial charge in [0.15, 0.2) is 0 Å². The van der Waals surface area contributed by atoms with E-state index in [2.05, 4.69) is 0 Å². The Morgan fingerprint density at radius 1 is 1.16 bits per heavy atom. The van der Waals surface area contributed by atoms with Gasteiger partial charge in [-0.25, -0.2) is 8.42 Å². The van der Waals surface area contributed by atoms with Gasteiger partial charge in [-0.05, 0) is 31.4 Å². The summed E-state index contributed by atoms with van der Waals surface area (Å²) in [5, 5.41) is 0. The minimum atomic E-state index is -3.44. The number of rotatable bonds is 2. The SMILES string of the molecule is Cc1ccc(S(=O)(=O)N2C[C@@H]3CCC(=O)[C@@H]3C2)cc1. The molecule has 3 rings (SSSR count). The van der Waals surface area contributed by atoms with Crippen LogP contribution in [0.4, 0.5) is 0 Å². The van der Waals surface area contributed by atoms with Crippen LogP contribution in [-0.2, 0) is 14.8 Å². The van der Waals surface area contributed by atoms with Crippen molar-refractivity contribution in [1.82, 2.24) is 4.31 Å². The topological polar surface area (TPSA) is 54.5 Å². The van der Waals surface area contributed by atoms with E-state index in [-0.39, 0.29) is 17.6 Å². The lowest BCUT2D eigenvalue weighted by atomic mass is 10.0. The standard InChI is InChI=1S/C14H17NO3S/c1-10-2-5-12(6-3-10)19(17,18)15-8-11-4-7-14(16)13(11)9-15/h2-3,5-6,11,13H,4,7-9H2,1H3/t11-,13+/m0/s1. The van der Waals surface area contributed by atoms with Crippen molar-refractivity contribution in [2.75, 3.05) is 13.1 Å². The molecule has 0 amide bonds. The molecule has 2 atom stereocenters. The highest BCUT2D eigenvalue weighted by atomic mass is 32.2. The first-order chi connectivity index (χ1) is 8.98. The second-order valence-electron chi connectivity index (χ2n) is 5.51. The normalized spacial score (nSPS) is 27.7. The molecule has 2 aliphatic rings. The molecule has 0 spiro atoms. The number of hydrogen-bond acceptors (Lipinski definition) is 3. The highest BCUT2D eigenvalue weighted by Crippen LogP contribution is 2.37. The number of carbonyl (C=O) groups is 1. The van der Waals surface area contributed by atoms with Gasteiger partial charge in [0.05, 0.1) is 4.90 Å². The van der Waals surface area contributed by atoms with Crippen molar-refractivity contribution >= 4 is 15.8 Å². The lowest BCUT2D eigenvalue weighted by Gasteiger charge is -2.17. The zero-order valence-corrected chi connectivity index (χ0v) is 11.7. The van der Waals surface area contributed by atoms with Crippen LogP contribution in [0.3, 0.4) is 0 Å². The van der Waals surface area contributed by atoms with Crippen LogP contribution in [-0.4, -0.2) is 31.6 Å². The van der Waals surface area contributed by atoms with E-state index in [0.29, 0.717) is 24.4 Å². The van der Waals surface area contributed by atoms with E-state index < -0.39 is 10.0 Å². The Bertz CT molecular complexity index is 606. The van der Waals surface area contributed by atoms with Crippen LogP contribution in [0.2, 0.25) is 0 Å². The molecule has 1 saturated carbocycles. The van der Waals surface area contributed by atoms with Gasteiger partial charge in [0.1, 0.15) is 5.78 Å². The third kappa shape index (κ3) is 2.11. The minimum absolute atomic E-state index is 0.0692. The Kier molecular flexibility index (Phi) is 2.98. The summed E-state index contributed by atoms with van der Waals surface area (Å²) >= 11 is 0. The molecule has 19 heavy (non-hydrogen) atoms. The fourth-order valence-corrected chi connectivity index (χ4v) is 4.58. The molecule has 4 nitrogen and oxygen atoms in total. The Balaban J connectivity index is 1.86. The third-order valence-electron chi connectivity index (χ3n) is 4.24. The summed E-state index contributed by atoms with van der Waals surface area (Å²) in [5.74, 6) is 0.388. The maximum Gasteiger partial charge on any atom is 0.243 e. The smallest absolute Gasteiger partial charge is 0.243 e. The molecule has 0 N–H and O–H groups in total. The van der Waals surface area contributed by atoms with Gasteiger partial charge in [-0.3, -0.25) is 4.79 Å². The van der Waals surface area contributed by atoms with E-state index in [4.69, 9.17) is 0 Å². The largest absolute Gasteiger partial charge is 0.299 e. The van der Waals surface area contributed by atoms with Crippen LogP contribution >= 0.6 is 0 Å². The average Bonchev–Trinajstić information content (AvgIpc) is 2.93. The molecule has 0 bridgehead atoms. The van der Waals surface area contributed by atoms with Gasteiger partial charge in [-0.1, -0.05) is 17.7 Å². The molecule has 1 aliphatic carbocycles. The number of Topliss-reactive ketones (excluding diaryl/α,β-unsaturated/α-hetero) is 1. The summed E-state index contributed by atoms with van der Waals surface area (Å²) in [6.07, 6.45) is 1.46. The summed E-state index contributed by atoms with van der Waals surface area (Å²) in [7, 11) is -3.44. The fraction of sp³-hybridized carbons (Fsp3) is 0.500. The third-order valence-corrected chi connectivity index (χ3v) is 6.09.